The van der Waals surface area contributed by atoms with E-state index in [9.17, 15) is 4.79 Å². The van der Waals surface area contributed by atoms with Gasteiger partial charge >= 0.3 is 6.03 Å². The van der Waals surface area contributed by atoms with Crippen molar-refractivity contribution in [2.75, 3.05) is 25.1 Å². The molecular weight excluding hydrogens is 270 g/mol. The quantitative estimate of drug-likeness (QED) is 0.934. The van der Waals surface area contributed by atoms with E-state index < -0.39 is 0 Å². The van der Waals surface area contributed by atoms with E-state index in [4.69, 9.17) is 4.74 Å². The van der Waals surface area contributed by atoms with Gasteiger partial charge in [-0.3, -0.25) is 4.40 Å². The zero-order chi connectivity index (χ0) is 14.7. The fourth-order valence-corrected chi connectivity index (χ4v) is 2.63. The molecule has 1 aliphatic rings. The normalized spacial score (nSPS) is 18.9. The number of amides is 2. The number of anilines is 1. The average Bonchev–Trinajstić information content (AvgIpc) is 2.98. The standard InChI is InChI=1S/C14H19N5O2/c1-2-4-11-9-21-8-7-19(11)14(20)16-12-5-3-6-18-10-15-17-13(12)18/h3,5-6,10-11H,2,4,7-9H2,1H3,(H,16,20). The molecule has 1 fully saturated rings. The Hall–Kier alpha value is -2.15. The Morgan fingerprint density at radius 2 is 2.48 bits per heavy atom. The van der Waals surface area contributed by atoms with Crippen molar-refractivity contribution in [3.63, 3.8) is 0 Å². The second kappa shape index (κ2) is 6.09. The lowest BCUT2D eigenvalue weighted by atomic mass is 10.1. The molecule has 7 heteroatoms. The Bertz CT molecular complexity index is 625. The number of hydrogen-bond donors (Lipinski definition) is 1. The van der Waals surface area contributed by atoms with Gasteiger partial charge in [0.05, 0.1) is 24.9 Å². The summed E-state index contributed by atoms with van der Waals surface area (Å²) in [6.45, 7) is 3.92. The van der Waals surface area contributed by atoms with E-state index in [0.717, 1.165) is 12.8 Å². The van der Waals surface area contributed by atoms with Crippen LogP contribution in [-0.2, 0) is 4.74 Å². The molecule has 1 atom stereocenters. The zero-order valence-corrected chi connectivity index (χ0v) is 12.0. The number of urea groups is 1. The van der Waals surface area contributed by atoms with Gasteiger partial charge in [0.1, 0.15) is 6.33 Å². The van der Waals surface area contributed by atoms with Gasteiger partial charge in [-0.15, -0.1) is 10.2 Å². The van der Waals surface area contributed by atoms with E-state index in [0.29, 0.717) is 31.1 Å². The SMILES string of the molecule is CCCC1COCCN1C(=O)Nc1cccn2cnnc12. The number of carbonyl (C=O) groups excluding carboxylic acids is 1. The van der Waals surface area contributed by atoms with Crippen molar-refractivity contribution in [1.29, 1.82) is 0 Å². The molecule has 1 N–H and O–H groups in total. The maximum atomic E-state index is 12.5. The van der Waals surface area contributed by atoms with E-state index in [1.54, 1.807) is 10.7 Å². The van der Waals surface area contributed by atoms with Gasteiger partial charge in [0.25, 0.3) is 0 Å². The number of morpholine rings is 1. The fraction of sp³-hybridized carbons (Fsp3) is 0.500. The van der Waals surface area contributed by atoms with E-state index in [2.05, 4.69) is 22.4 Å². The summed E-state index contributed by atoms with van der Waals surface area (Å²) in [5, 5.41) is 10.8. The second-order valence-corrected chi connectivity index (χ2v) is 5.12. The van der Waals surface area contributed by atoms with Gasteiger partial charge in [-0.1, -0.05) is 13.3 Å². The number of nitrogens with zero attached hydrogens (tertiary/aromatic N) is 4. The van der Waals surface area contributed by atoms with Crippen LogP contribution >= 0.6 is 0 Å². The minimum Gasteiger partial charge on any atom is -0.377 e. The van der Waals surface area contributed by atoms with Crippen LogP contribution in [0.3, 0.4) is 0 Å². The van der Waals surface area contributed by atoms with E-state index in [-0.39, 0.29) is 12.1 Å². The summed E-state index contributed by atoms with van der Waals surface area (Å²) in [6, 6.07) is 3.72. The molecule has 0 spiro atoms. The monoisotopic (exact) mass is 289 g/mol. The average molecular weight is 289 g/mol. The van der Waals surface area contributed by atoms with E-state index in [1.807, 2.05) is 23.2 Å². The first kappa shape index (κ1) is 13.8. The van der Waals surface area contributed by atoms with Crippen molar-refractivity contribution in [2.24, 2.45) is 0 Å². The van der Waals surface area contributed by atoms with Crippen molar-refractivity contribution in [3.8, 4) is 0 Å². The number of hydrogen-bond acceptors (Lipinski definition) is 4. The summed E-state index contributed by atoms with van der Waals surface area (Å²) in [5.41, 5.74) is 1.31. The highest BCUT2D eigenvalue weighted by molar-refractivity contribution is 5.93. The predicted octanol–water partition coefficient (Wildman–Crippen LogP) is 1.76. The summed E-state index contributed by atoms with van der Waals surface area (Å²) >= 11 is 0. The molecule has 0 aromatic carbocycles. The molecule has 0 bridgehead atoms. The van der Waals surface area contributed by atoms with E-state index in [1.165, 1.54) is 0 Å². The van der Waals surface area contributed by atoms with Crippen LogP contribution in [-0.4, -0.2) is 51.3 Å². The summed E-state index contributed by atoms with van der Waals surface area (Å²) < 4.78 is 7.25. The van der Waals surface area contributed by atoms with Crippen LogP contribution < -0.4 is 5.32 Å². The number of rotatable bonds is 3. The van der Waals surface area contributed by atoms with Crippen LogP contribution in [0.2, 0.25) is 0 Å². The molecule has 1 saturated heterocycles. The Morgan fingerprint density at radius 3 is 3.33 bits per heavy atom. The molecule has 112 valence electrons. The van der Waals surface area contributed by atoms with Crippen molar-refractivity contribution < 1.29 is 9.53 Å². The topological polar surface area (TPSA) is 71.8 Å². The van der Waals surface area contributed by atoms with Gasteiger partial charge < -0.3 is 15.0 Å². The third-order valence-corrected chi connectivity index (χ3v) is 3.68. The van der Waals surface area contributed by atoms with Crippen molar-refractivity contribution in [2.45, 2.75) is 25.8 Å². The zero-order valence-electron chi connectivity index (χ0n) is 12.0. The number of aromatic nitrogens is 3. The van der Waals surface area contributed by atoms with Crippen LogP contribution in [0.4, 0.5) is 10.5 Å². The maximum absolute atomic E-state index is 12.5. The minimum absolute atomic E-state index is 0.104. The molecule has 1 unspecified atom stereocenters. The van der Waals surface area contributed by atoms with Crippen LogP contribution in [0.1, 0.15) is 19.8 Å². The van der Waals surface area contributed by atoms with Crippen LogP contribution in [0.15, 0.2) is 24.7 Å². The summed E-state index contributed by atoms with van der Waals surface area (Å²) in [6.07, 6.45) is 5.43. The molecule has 0 aliphatic carbocycles. The fourth-order valence-electron chi connectivity index (χ4n) is 2.63. The Balaban J connectivity index is 1.77. The van der Waals surface area contributed by atoms with Gasteiger partial charge in [0.2, 0.25) is 0 Å². The van der Waals surface area contributed by atoms with E-state index >= 15 is 0 Å². The van der Waals surface area contributed by atoms with Gasteiger partial charge in [-0.05, 0) is 18.6 Å². The molecule has 0 saturated carbocycles. The summed E-state index contributed by atoms with van der Waals surface area (Å²) in [7, 11) is 0. The largest absolute Gasteiger partial charge is 0.377 e. The Morgan fingerprint density at radius 1 is 1.57 bits per heavy atom. The molecule has 2 aromatic heterocycles. The first-order chi connectivity index (χ1) is 10.3. The first-order valence-electron chi connectivity index (χ1n) is 7.23. The molecule has 3 rings (SSSR count). The number of ether oxygens (including phenoxy) is 1. The van der Waals surface area contributed by atoms with Gasteiger partial charge in [-0.25, -0.2) is 4.79 Å². The highest BCUT2D eigenvalue weighted by Gasteiger charge is 2.27. The lowest BCUT2D eigenvalue weighted by Gasteiger charge is -2.35. The lowest BCUT2D eigenvalue weighted by molar-refractivity contribution is 0.0125. The summed E-state index contributed by atoms with van der Waals surface area (Å²) in [5.74, 6) is 0. The number of nitrogens with one attached hydrogen (secondary N) is 1. The minimum atomic E-state index is -0.104. The first-order valence-corrected chi connectivity index (χ1v) is 7.23. The molecule has 21 heavy (non-hydrogen) atoms. The Kier molecular flexibility index (Phi) is 4.01. The molecule has 3 heterocycles. The number of fused-ring (bicyclic) bond motifs is 1. The van der Waals surface area contributed by atoms with Crippen molar-refractivity contribution >= 4 is 17.4 Å². The van der Waals surface area contributed by atoms with Gasteiger partial charge in [0.15, 0.2) is 5.65 Å². The highest BCUT2D eigenvalue weighted by Crippen LogP contribution is 2.17. The third kappa shape index (κ3) is 2.82. The van der Waals surface area contributed by atoms with Crippen molar-refractivity contribution in [3.05, 3.63) is 24.7 Å². The molecule has 7 nitrogen and oxygen atoms in total. The third-order valence-electron chi connectivity index (χ3n) is 3.68. The van der Waals surface area contributed by atoms with Crippen LogP contribution in [0.25, 0.3) is 5.65 Å². The van der Waals surface area contributed by atoms with Crippen LogP contribution in [0, 0.1) is 0 Å². The molecule has 1 aliphatic heterocycles. The van der Waals surface area contributed by atoms with Gasteiger partial charge in [-0.2, -0.15) is 0 Å². The summed E-state index contributed by atoms with van der Waals surface area (Å²) in [4.78, 5) is 14.4. The number of carbonyl (C=O) groups is 1. The molecule has 0 radical (unpaired) electrons. The smallest absolute Gasteiger partial charge is 0.322 e. The van der Waals surface area contributed by atoms with Crippen molar-refractivity contribution in [1.82, 2.24) is 19.5 Å². The number of pyridine rings is 1. The molecular formula is C14H19N5O2. The van der Waals surface area contributed by atoms with Crippen LogP contribution in [0.5, 0.6) is 0 Å². The lowest BCUT2D eigenvalue weighted by Crippen LogP contribution is -2.50. The predicted molar refractivity (Wildman–Crippen MR) is 78.2 cm³/mol. The maximum Gasteiger partial charge on any atom is 0.322 e. The van der Waals surface area contributed by atoms with Gasteiger partial charge in [0, 0.05) is 12.7 Å². The Labute approximate surface area is 122 Å². The molecule has 2 amide bonds. The second-order valence-electron chi connectivity index (χ2n) is 5.12. The highest BCUT2D eigenvalue weighted by atomic mass is 16.5. The molecule has 2 aromatic rings.